The first-order valence-electron chi connectivity index (χ1n) is 9.81. The molecule has 6 heteroatoms. The molecule has 1 amide bonds. The van der Waals surface area contributed by atoms with Crippen LogP contribution >= 0.6 is 11.6 Å². The first-order valence-corrected chi connectivity index (χ1v) is 10.2. The number of carbonyl (C=O) groups is 1. The highest BCUT2D eigenvalue weighted by atomic mass is 35.5. The molecule has 1 fully saturated rings. The number of amides is 1. The van der Waals surface area contributed by atoms with E-state index in [-0.39, 0.29) is 11.9 Å². The average molecular weight is 400 g/mol. The molecule has 2 aromatic rings. The molecule has 1 N–H and O–H groups in total. The van der Waals surface area contributed by atoms with Gasteiger partial charge in [-0.2, -0.15) is 0 Å². The van der Waals surface area contributed by atoms with Gasteiger partial charge in [0.05, 0.1) is 19.3 Å². The van der Waals surface area contributed by atoms with Crippen LogP contribution in [0.4, 0.5) is 5.69 Å². The minimum atomic E-state index is -0.0733. The first kappa shape index (κ1) is 19.2. The molecule has 1 unspecified atom stereocenters. The number of fused-ring (bicyclic) bond motifs is 1. The van der Waals surface area contributed by atoms with Crippen molar-refractivity contribution in [3.05, 3.63) is 64.2 Å². The number of hydrogen-bond donors (Lipinski definition) is 1. The number of ether oxygens (including phenoxy) is 1. The molecule has 0 radical (unpaired) electrons. The third kappa shape index (κ3) is 4.17. The highest BCUT2D eigenvalue weighted by Crippen LogP contribution is 2.31. The molecule has 2 heterocycles. The molecular formula is C22H26ClN3O2. The summed E-state index contributed by atoms with van der Waals surface area (Å²) in [6.45, 7) is 4.84. The monoisotopic (exact) mass is 399 g/mol. The number of likely N-dealkylation sites (N-methyl/N-ethyl adjacent to an activating group) is 1. The largest absolute Gasteiger partial charge is 0.379 e. The minimum absolute atomic E-state index is 0.0733. The second-order valence-corrected chi connectivity index (χ2v) is 7.88. The van der Waals surface area contributed by atoms with Crippen LogP contribution in [-0.4, -0.2) is 57.2 Å². The van der Waals surface area contributed by atoms with Gasteiger partial charge >= 0.3 is 0 Å². The van der Waals surface area contributed by atoms with Gasteiger partial charge in [0.1, 0.15) is 0 Å². The van der Waals surface area contributed by atoms with E-state index in [1.54, 1.807) is 24.3 Å². The fraction of sp³-hybridized carbons (Fsp3) is 0.409. The number of carbonyl (C=O) groups excluding carboxylic acids is 1. The molecule has 4 rings (SSSR count). The van der Waals surface area contributed by atoms with Crippen molar-refractivity contribution >= 4 is 23.2 Å². The second-order valence-electron chi connectivity index (χ2n) is 7.44. The van der Waals surface area contributed by atoms with Crippen molar-refractivity contribution in [3.63, 3.8) is 0 Å². The Bertz CT molecular complexity index is 834. The Morgan fingerprint density at radius 3 is 2.64 bits per heavy atom. The predicted octanol–water partition coefficient (Wildman–Crippen LogP) is 3.14. The molecular weight excluding hydrogens is 374 g/mol. The third-order valence-electron chi connectivity index (χ3n) is 5.66. The van der Waals surface area contributed by atoms with E-state index < -0.39 is 0 Å². The first-order chi connectivity index (χ1) is 13.6. The quantitative estimate of drug-likeness (QED) is 0.839. The molecule has 5 nitrogen and oxygen atoms in total. The lowest BCUT2D eigenvalue weighted by Gasteiger charge is -2.35. The maximum atomic E-state index is 12.6. The highest BCUT2D eigenvalue weighted by Gasteiger charge is 2.25. The molecule has 1 saturated heterocycles. The van der Waals surface area contributed by atoms with Gasteiger partial charge in [0.25, 0.3) is 5.91 Å². The van der Waals surface area contributed by atoms with Gasteiger partial charge in [-0.15, -0.1) is 0 Å². The minimum Gasteiger partial charge on any atom is -0.379 e. The molecule has 28 heavy (non-hydrogen) atoms. The van der Waals surface area contributed by atoms with Crippen LogP contribution in [0.2, 0.25) is 5.02 Å². The molecule has 1 atom stereocenters. The van der Waals surface area contributed by atoms with Crippen LogP contribution in [0.25, 0.3) is 0 Å². The van der Waals surface area contributed by atoms with Crippen LogP contribution in [0.3, 0.4) is 0 Å². The van der Waals surface area contributed by atoms with Gasteiger partial charge in [0, 0.05) is 49.5 Å². The van der Waals surface area contributed by atoms with E-state index >= 15 is 0 Å². The Hall–Kier alpha value is -2.08. The van der Waals surface area contributed by atoms with Gasteiger partial charge in [-0.05, 0) is 47.9 Å². The number of morpholine rings is 1. The fourth-order valence-corrected chi connectivity index (χ4v) is 4.16. The lowest BCUT2D eigenvalue weighted by molar-refractivity contribution is 0.0162. The summed E-state index contributed by atoms with van der Waals surface area (Å²) in [5.41, 5.74) is 4.59. The second kappa shape index (κ2) is 8.52. The zero-order chi connectivity index (χ0) is 19.5. The summed E-state index contributed by atoms with van der Waals surface area (Å²) >= 11 is 5.93. The molecule has 0 aliphatic carbocycles. The van der Waals surface area contributed by atoms with Crippen LogP contribution in [0, 0.1) is 0 Å². The van der Waals surface area contributed by atoms with E-state index in [1.165, 1.54) is 16.8 Å². The number of hydrogen-bond acceptors (Lipinski definition) is 4. The normalized spacial score (nSPS) is 18.0. The Morgan fingerprint density at radius 2 is 1.89 bits per heavy atom. The van der Waals surface area contributed by atoms with E-state index in [4.69, 9.17) is 16.3 Å². The van der Waals surface area contributed by atoms with Crippen LogP contribution in [-0.2, 0) is 11.2 Å². The van der Waals surface area contributed by atoms with Crippen molar-refractivity contribution in [2.45, 2.75) is 12.5 Å². The molecule has 2 aromatic carbocycles. The summed E-state index contributed by atoms with van der Waals surface area (Å²) < 4.78 is 5.53. The van der Waals surface area contributed by atoms with Crippen molar-refractivity contribution in [3.8, 4) is 0 Å². The van der Waals surface area contributed by atoms with Gasteiger partial charge in [-0.25, -0.2) is 0 Å². The van der Waals surface area contributed by atoms with Crippen LogP contribution in [0.15, 0.2) is 42.5 Å². The van der Waals surface area contributed by atoms with Crippen molar-refractivity contribution in [1.82, 2.24) is 10.2 Å². The van der Waals surface area contributed by atoms with Crippen molar-refractivity contribution in [1.29, 1.82) is 0 Å². The van der Waals surface area contributed by atoms with Gasteiger partial charge < -0.3 is 15.0 Å². The van der Waals surface area contributed by atoms with E-state index in [1.807, 2.05) is 0 Å². The van der Waals surface area contributed by atoms with Crippen LogP contribution < -0.4 is 10.2 Å². The maximum Gasteiger partial charge on any atom is 0.251 e. The standard InChI is InChI=1S/C22H26ClN3O2/c1-25-9-8-18-14-17(4-7-20(18)25)21(26-10-12-28-13-11-26)15-24-22(27)16-2-5-19(23)6-3-16/h2-7,14,21H,8-13,15H2,1H3,(H,24,27). The van der Waals surface area contributed by atoms with E-state index in [0.29, 0.717) is 17.1 Å². The van der Waals surface area contributed by atoms with Gasteiger partial charge in [0.2, 0.25) is 0 Å². The summed E-state index contributed by atoms with van der Waals surface area (Å²) in [7, 11) is 2.14. The van der Waals surface area contributed by atoms with E-state index in [0.717, 1.165) is 39.3 Å². The van der Waals surface area contributed by atoms with Gasteiger partial charge in [-0.1, -0.05) is 23.7 Å². The van der Waals surface area contributed by atoms with Crippen molar-refractivity contribution < 1.29 is 9.53 Å². The number of anilines is 1. The smallest absolute Gasteiger partial charge is 0.251 e. The average Bonchev–Trinajstić information content (AvgIpc) is 3.10. The Morgan fingerprint density at radius 1 is 1.14 bits per heavy atom. The molecule has 148 valence electrons. The third-order valence-corrected chi connectivity index (χ3v) is 5.92. The topological polar surface area (TPSA) is 44.8 Å². The number of nitrogens with one attached hydrogen (secondary N) is 1. The number of benzene rings is 2. The summed E-state index contributed by atoms with van der Waals surface area (Å²) in [5, 5.41) is 3.75. The summed E-state index contributed by atoms with van der Waals surface area (Å²) in [6.07, 6.45) is 1.08. The lowest BCUT2D eigenvalue weighted by Crippen LogP contribution is -2.43. The molecule has 2 aliphatic heterocycles. The lowest BCUT2D eigenvalue weighted by atomic mass is 10.00. The number of rotatable bonds is 5. The Labute approximate surface area is 171 Å². The van der Waals surface area contributed by atoms with Crippen molar-refractivity contribution in [2.24, 2.45) is 0 Å². The van der Waals surface area contributed by atoms with Crippen LogP contribution in [0.1, 0.15) is 27.5 Å². The molecule has 0 bridgehead atoms. The molecule has 0 saturated carbocycles. The Kier molecular flexibility index (Phi) is 5.85. The SMILES string of the molecule is CN1CCc2cc(C(CNC(=O)c3ccc(Cl)cc3)N3CCOCC3)ccc21. The predicted molar refractivity (Wildman–Crippen MR) is 112 cm³/mol. The van der Waals surface area contributed by atoms with Gasteiger partial charge in [0.15, 0.2) is 0 Å². The highest BCUT2D eigenvalue weighted by molar-refractivity contribution is 6.30. The molecule has 2 aliphatic rings. The molecule has 0 spiro atoms. The summed E-state index contributed by atoms with van der Waals surface area (Å²) in [4.78, 5) is 17.3. The Balaban J connectivity index is 1.52. The zero-order valence-electron chi connectivity index (χ0n) is 16.2. The molecule has 0 aromatic heterocycles. The van der Waals surface area contributed by atoms with Crippen molar-refractivity contribution in [2.75, 3.05) is 51.3 Å². The van der Waals surface area contributed by atoms with Crippen LogP contribution in [0.5, 0.6) is 0 Å². The summed E-state index contributed by atoms with van der Waals surface area (Å²) in [5.74, 6) is -0.0733. The van der Waals surface area contributed by atoms with Gasteiger partial charge in [-0.3, -0.25) is 9.69 Å². The number of halogens is 1. The van der Waals surface area contributed by atoms with E-state index in [2.05, 4.69) is 40.4 Å². The summed E-state index contributed by atoms with van der Waals surface area (Å²) in [6, 6.07) is 13.9. The number of nitrogens with zero attached hydrogens (tertiary/aromatic N) is 2. The van der Waals surface area contributed by atoms with E-state index in [9.17, 15) is 4.79 Å². The fourth-order valence-electron chi connectivity index (χ4n) is 4.03. The maximum absolute atomic E-state index is 12.6. The zero-order valence-corrected chi connectivity index (χ0v) is 16.9.